The highest BCUT2D eigenvalue weighted by Gasteiger charge is 2.54. The Morgan fingerprint density at radius 3 is 1.44 bits per heavy atom. The van der Waals surface area contributed by atoms with Crippen molar-refractivity contribution in [3.05, 3.63) is 0 Å². The van der Waals surface area contributed by atoms with Gasteiger partial charge in [-0.3, -0.25) is 0 Å². The van der Waals surface area contributed by atoms with Gasteiger partial charge < -0.3 is 105 Å². The van der Waals surface area contributed by atoms with Crippen LogP contribution in [0.5, 0.6) is 0 Å². The van der Waals surface area contributed by atoms with E-state index in [1.54, 1.807) is 0 Å². The molecule has 0 aromatic carbocycles. The first-order valence-corrected chi connectivity index (χ1v) is 14.1. The third-order valence-corrected chi connectivity index (χ3v) is 8.14. The predicted octanol–water partition coefficient (Wildman–Crippen LogP) is -9.75. The quantitative estimate of drug-likeness (QED) is 0.0919. The van der Waals surface area contributed by atoms with Crippen molar-refractivity contribution in [2.45, 2.75) is 123 Å². The maximum Gasteiger partial charge on any atom is 0.187 e. The predicted molar refractivity (Wildman–Crippen MR) is 134 cm³/mol. The first-order chi connectivity index (χ1) is 21.2. The topological polar surface area (TPSA) is 348 Å². The molecule has 4 aliphatic heterocycles. The van der Waals surface area contributed by atoms with Crippen molar-refractivity contribution in [2.24, 2.45) is 0 Å². The van der Waals surface area contributed by atoms with Gasteiger partial charge in [0, 0.05) is 0 Å². The number of ether oxygens (including phenoxy) is 7. The SMILES string of the molecule is OC[C@@H](O)[C@@H]1O[C@H](O[C@H]2[C@@H](O)[C@H](O)[C@@H](CO[C@H]3O[C@H](CO)[C@@H](O)[C@H](O)[C@@H]3O[C@H]3O[C@@H]([C@H](O)CO)[C@H](O)[C@H]3O)O[C@@H]2O)[C@H](O)[C@H]1O. The van der Waals surface area contributed by atoms with Gasteiger partial charge in [0.15, 0.2) is 25.2 Å². The maximum atomic E-state index is 10.7. The van der Waals surface area contributed by atoms with Crippen molar-refractivity contribution in [1.29, 1.82) is 0 Å². The van der Waals surface area contributed by atoms with E-state index in [0.29, 0.717) is 0 Å². The molecule has 264 valence electrons. The Morgan fingerprint density at radius 2 is 0.956 bits per heavy atom. The maximum absolute atomic E-state index is 10.7. The van der Waals surface area contributed by atoms with Crippen molar-refractivity contribution < 1.29 is 105 Å². The molecule has 20 atom stereocenters. The van der Waals surface area contributed by atoms with E-state index in [-0.39, 0.29) is 0 Å². The number of hydrogen-bond acceptors (Lipinski definition) is 21. The van der Waals surface area contributed by atoms with Gasteiger partial charge in [0.2, 0.25) is 0 Å². The van der Waals surface area contributed by atoms with Crippen LogP contribution in [-0.4, -0.2) is 221 Å². The lowest BCUT2D eigenvalue weighted by atomic mass is 9.98. The molecule has 0 aromatic heterocycles. The molecule has 14 N–H and O–H groups in total. The number of rotatable bonds is 12. The first kappa shape index (κ1) is 37.0. The van der Waals surface area contributed by atoms with E-state index in [2.05, 4.69) is 0 Å². The molecule has 0 unspecified atom stereocenters. The summed E-state index contributed by atoms with van der Waals surface area (Å²) in [5, 5.41) is 141. The summed E-state index contributed by atoms with van der Waals surface area (Å²) < 4.78 is 37.6. The molecule has 0 saturated carbocycles. The van der Waals surface area contributed by atoms with Gasteiger partial charge in [0.1, 0.15) is 97.7 Å². The Morgan fingerprint density at radius 1 is 0.489 bits per heavy atom. The van der Waals surface area contributed by atoms with Crippen LogP contribution in [0.3, 0.4) is 0 Å². The fourth-order valence-electron chi connectivity index (χ4n) is 5.45. The number of aliphatic hydroxyl groups excluding tert-OH is 14. The molecule has 0 spiro atoms. The highest BCUT2D eigenvalue weighted by molar-refractivity contribution is 4.97. The zero-order valence-electron chi connectivity index (χ0n) is 23.5. The molecule has 4 rings (SSSR count). The lowest BCUT2D eigenvalue weighted by molar-refractivity contribution is -0.356. The summed E-state index contributed by atoms with van der Waals surface area (Å²) in [5.41, 5.74) is 0. The molecule has 4 aliphatic rings. The minimum absolute atomic E-state index is 0.720. The van der Waals surface area contributed by atoms with Crippen molar-refractivity contribution in [3.63, 3.8) is 0 Å². The van der Waals surface area contributed by atoms with E-state index < -0.39 is 149 Å². The second-order valence-electron chi connectivity index (χ2n) is 11.2. The molecule has 45 heavy (non-hydrogen) atoms. The fraction of sp³-hybridized carbons (Fsp3) is 1.00. The Bertz CT molecular complexity index is 918. The molecule has 4 saturated heterocycles. The summed E-state index contributed by atoms with van der Waals surface area (Å²) in [6.45, 7) is -3.19. The number of aliphatic hydroxyl groups is 14. The van der Waals surface area contributed by atoms with Gasteiger partial charge in [-0.1, -0.05) is 0 Å². The van der Waals surface area contributed by atoms with Crippen molar-refractivity contribution >= 4 is 0 Å². The van der Waals surface area contributed by atoms with Gasteiger partial charge in [-0.2, -0.15) is 0 Å². The first-order valence-electron chi connectivity index (χ1n) is 14.1. The lowest BCUT2D eigenvalue weighted by Gasteiger charge is -2.44. The fourth-order valence-corrected chi connectivity index (χ4v) is 5.45. The minimum atomic E-state index is -2.01. The summed E-state index contributed by atoms with van der Waals surface area (Å²) in [6, 6.07) is 0. The minimum Gasteiger partial charge on any atom is -0.394 e. The average molecular weight is 667 g/mol. The molecule has 4 heterocycles. The molecule has 0 radical (unpaired) electrons. The van der Waals surface area contributed by atoms with Gasteiger partial charge >= 0.3 is 0 Å². The van der Waals surface area contributed by atoms with E-state index in [4.69, 9.17) is 43.4 Å². The van der Waals surface area contributed by atoms with E-state index in [1.807, 2.05) is 0 Å². The van der Waals surface area contributed by atoms with Crippen LogP contribution >= 0.6 is 0 Å². The summed E-state index contributed by atoms with van der Waals surface area (Å²) in [7, 11) is 0. The summed E-state index contributed by atoms with van der Waals surface area (Å²) in [4.78, 5) is 0. The largest absolute Gasteiger partial charge is 0.394 e. The molecular formula is C24H42O21. The van der Waals surface area contributed by atoms with Crippen LogP contribution in [0.25, 0.3) is 0 Å². The smallest absolute Gasteiger partial charge is 0.187 e. The molecule has 4 fully saturated rings. The van der Waals surface area contributed by atoms with Crippen LogP contribution in [0.15, 0.2) is 0 Å². The van der Waals surface area contributed by atoms with Crippen LogP contribution in [-0.2, 0) is 33.2 Å². The Hall–Kier alpha value is -0.840. The number of hydrogen-bond donors (Lipinski definition) is 14. The second kappa shape index (κ2) is 15.6. The highest BCUT2D eigenvalue weighted by atomic mass is 16.8. The van der Waals surface area contributed by atoms with Crippen molar-refractivity contribution in [2.75, 3.05) is 26.4 Å². The van der Waals surface area contributed by atoms with Crippen LogP contribution < -0.4 is 0 Å². The third-order valence-electron chi connectivity index (χ3n) is 8.14. The van der Waals surface area contributed by atoms with Gasteiger partial charge in [0.25, 0.3) is 0 Å². The van der Waals surface area contributed by atoms with Crippen molar-refractivity contribution in [3.8, 4) is 0 Å². The standard InChI is InChI=1S/C24H42O21/c25-1-5(28)17-13(34)15(36)22(42-17)44-19-11(32)10(31)8(40-21(19)38)4-39-24-20(12(33)9(30)7(3-27)41-24)45-23-16(37)14(35)18(43-23)6(29)2-26/h5-38H,1-4H2/t5-,6-,7-,8-,9-,10-,11+,12+,13-,14-,15-,16-,17+,18+,19+,20+,21+,22-,23-,24+/m1/s1. The molecular weight excluding hydrogens is 624 g/mol. The van der Waals surface area contributed by atoms with Crippen molar-refractivity contribution in [1.82, 2.24) is 0 Å². The highest BCUT2D eigenvalue weighted by Crippen LogP contribution is 2.33. The lowest BCUT2D eigenvalue weighted by Crippen LogP contribution is -2.63. The van der Waals surface area contributed by atoms with E-state index in [0.717, 1.165) is 0 Å². The molecule has 21 nitrogen and oxygen atoms in total. The molecule has 0 bridgehead atoms. The molecule has 0 aromatic rings. The van der Waals surface area contributed by atoms with Gasteiger partial charge in [-0.05, 0) is 0 Å². The average Bonchev–Trinajstić information content (AvgIpc) is 3.47. The second-order valence-corrected chi connectivity index (χ2v) is 11.2. The van der Waals surface area contributed by atoms with E-state index >= 15 is 0 Å². The summed E-state index contributed by atoms with van der Waals surface area (Å²) in [6.07, 6.45) is -34.4. The molecule has 21 heteroatoms. The van der Waals surface area contributed by atoms with Crippen LogP contribution in [0, 0.1) is 0 Å². The van der Waals surface area contributed by atoms with E-state index in [1.165, 1.54) is 0 Å². The van der Waals surface area contributed by atoms with E-state index in [9.17, 15) is 61.3 Å². The Balaban J connectivity index is 1.40. The summed E-state index contributed by atoms with van der Waals surface area (Å²) in [5.74, 6) is 0. The normalized spacial score (nSPS) is 50.5. The third kappa shape index (κ3) is 7.59. The molecule has 0 amide bonds. The Kier molecular flexibility index (Phi) is 12.8. The summed E-state index contributed by atoms with van der Waals surface area (Å²) >= 11 is 0. The van der Waals surface area contributed by atoms with Gasteiger partial charge in [-0.15, -0.1) is 0 Å². The monoisotopic (exact) mass is 666 g/mol. The zero-order chi connectivity index (χ0) is 33.3. The molecule has 0 aliphatic carbocycles. The zero-order valence-corrected chi connectivity index (χ0v) is 23.5. The van der Waals surface area contributed by atoms with Gasteiger partial charge in [0.05, 0.1) is 26.4 Å². The van der Waals surface area contributed by atoms with Crippen LogP contribution in [0.4, 0.5) is 0 Å². The Labute approximate surface area is 254 Å². The van der Waals surface area contributed by atoms with Crippen LogP contribution in [0.2, 0.25) is 0 Å². The van der Waals surface area contributed by atoms with Crippen LogP contribution in [0.1, 0.15) is 0 Å². The van der Waals surface area contributed by atoms with Gasteiger partial charge in [-0.25, -0.2) is 0 Å².